The van der Waals surface area contributed by atoms with Gasteiger partial charge in [-0.05, 0) is 44.4 Å². The third kappa shape index (κ3) is 3.61. The topological polar surface area (TPSA) is 24.9 Å². The average Bonchev–Trinajstić information content (AvgIpc) is 2.90. The van der Waals surface area contributed by atoms with Crippen LogP contribution in [0.3, 0.4) is 0 Å². The van der Waals surface area contributed by atoms with E-state index in [-0.39, 0.29) is 0 Å². The molecule has 3 unspecified atom stereocenters. The Morgan fingerprint density at radius 1 is 1.33 bits per heavy atom. The Bertz CT molecular complexity index is 548. The van der Waals surface area contributed by atoms with Crippen molar-refractivity contribution in [1.29, 1.82) is 0 Å². The molecular formula is C17H24N2S2. The highest BCUT2D eigenvalue weighted by Gasteiger charge is 2.30. The van der Waals surface area contributed by atoms with E-state index in [4.69, 9.17) is 4.98 Å². The summed E-state index contributed by atoms with van der Waals surface area (Å²) in [5.74, 6) is 0.909. The molecule has 2 aromatic rings. The molecule has 4 heteroatoms. The Morgan fingerprint density at radius 3 is 2.95 bits per heavy atom. The number of fused-ring (bicyclic) bond motifs is 1. The summed E-state index contributed by atoms with van der Waals surface area (Å²) in [5, 5.41) is 4.19. The van der Waals surface area contributed by atoms with E-state index < -0.39 is 0 Å². The standard InChI is InChI=1S/C17H24N2S2/c1-3-6-12-9-10-13(18-2)16(11-12)21-17-19-14-7-4-5-8-15(14)20-17/h4-5,7-8,12-13,16,18H,3,6,9-11H2,1-2H3. The Labute approximate surface area is 135 Å². The first kappa shape index (κ1) is 15.3. The van der Waals surface area contributed by atoms with E-state index in [0.29, 0.717) is 11.3 Å². The number of hydrogen-bond acceptors (Lipinski definition) is 4. The zero-order valence-electron chi connectivity index (χ0n) is 12.8. The SMILES string of the molecule is CCCC1CCC(NC)C(Sc2nc3ccccc3s2)C1. The lowest BCUT2D eigenvalue weighted by molar-refractivity contribution is 0.295. The normalized spacial score (nSPS) is 26.3. The van der Waals surface area contributed by atoms with Gasteiger partial charge < -0.3 is 5.32 Å². The molecule has 2 nitrogen and oxygen atoms in total. The van der Waals surface area contributed by atoms with Gasteiger partial charge in [0.1, 0.15) is 0 Å². The second-order valence-corrected chi connectivity index (χ2v) is 8.48. The summed E-state index contributed by atoms with van der Waals surface area (Å²) in [5.41, 5.74) is 1.15. The van der Waals surface area contributed by atoms with Crippen LogP contribution >= 0.6 is 23.1 Å². The maximum absolute atomic E-state index is 4.80. The van der Waals surface area contributed by atoms with E-state index in [2.05, 4.69) is 43.6 Å². The van der Waals surface area contributed by atoms with Crippen molar-refractivity contribution in [1.82, 2.24) is 10.3 Å². The van der Waals surface area contributed by atoms with E-state index in [0.717, 1.165) is 11.4 Å². The minimum atomic E-state index is 0.634. The van der Waals surface area contributed by atoms with Gasteiger partial charge in [-0.15, -0.1) is 11.3 Å². The van der Waals surface area contributed by atoms with Gasteiger partial charge >= 0.3 is 0 Å². The van der Waals surface area contributed by atoms with E-state index in [1.54, 1.807) is 0 Å². The third-order valence-corrected chi connectivity index (χ3v) is 6.98. The molecule has 3 rings (SSSR count). The van der Waals surface area contributed by atoms with Crippen LogP contribution in [0.25, 0.3) is 10.2 Å². The number of thiazole rings is 1. The summed E-state index contributed by atoms with van der Waals surface area (Å²) in [7, 11) is 2.11. The molecular weight excluding hydrogens is 296 g/mol. The van der Waals surface area contributed by atoms with Crippen LogP contribution < -0.4 is 5.32 Å². The number of thioether (sulfide) groups is 1. The summed E-state index contributed by atoms with van der Waals surface area (Å²) in [4.78, 5) is 4.80. The highest BCUT2D eigenvalue weighted by molar-refractivity contribution is 8.01. The smallest absolute Gasteiger partial charge is 0.151 e. The molecule has 1 saturated carbocycles. The first-order chi connectivity index (χ1) is 10.3. The quantitative estimate of drug-likeness (QED) is 0.844. The van der Waals surface area contributed by atoms with Crippen LogP contribution in [0.2, 0.25) is 0 Å². The number of rotatable bonds is 5. The number of nitrogens with one attached hydrogen (secondary N) is 1. The van der Waals surface area contributed by atoms with Crippen LogP contribution in [-0.2, 0) is 0 Å². The molecule has 1 aliphatic rings. The van der Waals surface area contributed by atoms with Crippen molar-refractivity contribution in [2.45, 2.75) is 54.7 Å². The van der Waals surface area contributed by atoms with Gasteiger partial charge in [0.15, 0.2) is 4.34 Å². The number of para-hydroxylation sites is 1. The second-order valence-electron chi connectivity index (χ2n) is 5.97. The molecule has 1 aromatic heterocycles. The molecule has 1 fully saturated rings. The Balaban J connectivity index is 1.73. The third-order valence-electron chi connectivity index (χ3n) is 4.49. The summed E-state index contributed by atoms with van der Waals surface area (Å²) in [6.45, 7) is 2.31. The predicted octanol–water partition coefficient (Wildman–Crippen LogP) is 4.95. The van der Waals surface area contributed by atoms with Crippen LogP contribution in [0, 0.1) is 5.92 Å². The molecule has 1 N–H and O–H groups in total. The fourth-order valence-electron chi connectivity index (χ4n) is 3.37. The lowest BCUT2D eigenvalue weighted by atomic mass is 9.83. The molecule has 0 amide bonds. The van der Waals surface area contributed by atoms with E-state index in [1.807, 2.05) is 23.1 Å². The van der Waals surface area contributed by atoms with Crippen molar-refractivity contribution in [3.8, 4) is 0 Å². The predicted molar refractivity (Wildman–Crippen MR) is 94.4 cm³/mol. The maximum Gasteiger partial charge on any atom is 0.151 e. The van der Waals surface area contributed by atoms with Gasteiger partial charge in [-0.25, -0.2) is 4.98 Å². The van der Waals surface area contributed by atoms with Crippen LogP contribution in [0.15, 0.2) is 28.6 Å². The minimum absolute atomic E-state index is 0.634. The van der Waals surface area contributed by atoms with Gasteiger partial charge in [-0.2, -0.15) is 0 Å². The number of nitrogens with zero attached hydrogens (tertiary/aromatic N) is 1. The maximum atomic E-state index is 4.80. The minimum Gasteiger partial charge on any atom is -0.316 e. The molecule has 21 heavy (non-hydrogen) atoms. The van der Waals surface area contributed by atoms with E-state index in [9.17, 15) is 0 Å². The summed E-state index contributed by atoms with van der Waals surface area (Å²) >= 11 is 3.84. The lowest BCUT2D eigenvalue weighted by Crippen LogP contribution is -2.40. The van der Waals surface area contributed by atoms with Crippen LogP contribution in [0.5, 0.6) is 0 Å². The average molecular weight is 321 g/mol. The highest BCUT2D eigenvalue weighted by atomic mass is 32.2. The fraction of sp³-hybridized carbons (Fsp3) is 0.588. The zero-order valence-corrected chi connectivity index (χ0v) is 14.5. The summed E-state index contributed by atoms with van der Waals surface area (Å²) in [6, 6.07) is 9.10. The molecule has 1 heterocycles. The van der Waals surface area contributed by atoms with E-state index >= 15 is 0 Å². The number of hydrogen-bond donors (Lipinski definition) is 1. The molecule has 0 bridgehead atoms. The second kappa shape index (κ2) is 7.12. The Kier molecular flexibility index (Phi) is 5.19. The van der Waals surface area contributed by atoms with Crippen molar-refractivity contribution in [2.24, 2.45) is 5.92 Å². The lowest BCUT2D eigenvalue weighted by Gasteiger charge is -2.35. The van der Waals surface area contributed by atoms with Gasteiger partial charge in [0.05, 0.1) is 10.2 Å². The van der Waals surface area contributed by atoms with Crippen LogP contribution in [0.4, 0.5) is 0 Å². The molecule has 3 atom stereocenters. The van der Waals surface area contributed by atoms with Gasteiger partial charge in [0.25, 0.3) is 0 Å². The Hall–Kier alpha value is -0.580. The molecule has 0 spiro atoms. The molecule has 0 saturated heterocycles. The monoisotopic (exact) mass is 320 g/mol. The first-order valence-corrected chi connectivity index (χ1v) is 9.69. The van der Waals surface area contributed by atoms with Crippen molar-refractivity contribution in [2.75, 3.05) is 7.05 Å². The van der Waals surface area contributed by atoms with Crippen molar-refractivity contribution >= 4 is 33.3 Å². The fourth-order valence-corrected chi connectivity index (χ4v) is 6.12. The van der Waals surface area contributed by atoms with Crippen molar-refractivity contribution in [3.05, 3.63) is 24.3 Å². The number of aromatic nitrogens is 1. The largest absolute Gasteiger partial charge is 0.316 e. The highest BCUT2D eigenvalue weighted by Crippen LogP contribution is 2.40. The van der Waals surface area contributed by atoms with Crippen molar-refractivity contribution < 1.29 is 0 Å². The summed E-state index contributed by atoms with van der Waals surface area (Å²) < 4.78 is 2.54. The molecule has 114 valence electrons. The van der Waals surface area contributed by atoms with Gasteiger partial charge in [-0.3, -0.25) is 0 Å². The molecule has 1 aliphatic carbocycles. The van der Waals surface area contributed by atoms with Crippen molar-refractivity contribution in [3.63, 3.8) is 0 Å². The first-order valence-electron chi connectivity index (χ1n) is 7.99. The van der Waals surface area contributed by atoms with Gasteiger partial charge in [-0.1, -0.05) is 43.7 Å². The van der Waals surface area contributed by atoms with Gasteiger partial charge in [0, 0.05) is 11.3 Å². The van der Waals surface area contributed by atoms with Gasteiger partial charge in [0.2, 0.25) is 0 Å². The number of benzene rings is 1. The Morgan fingerprint density at radius 2 is 2.19 bits per heavy atom. The molecule has 0 radical (unpaired) electrons. The van der Waals surface area contributed by atoms with Crippen LogP contribution in [0.1, 0.15) is 39.0 Å². The summed E-state index contributed by atoms with van der Waals surface area (Å²) in [6.07, 6.45) is 6.72. The molecule has 0 aliphatic heterocycles. The zero-order chi connectivity index (χ0) is 14.7. The van der Waals surface area contributed by atoms with E-state index in [1.165, 1.54) is 41.1 Å². The van der Waals surface area contributed by atoms with Crippen LogP contribution in [-0.4, -0.2) is 23.3 Å². The molecule has 1 aromatic carbocycles.